The first kappa shape index (κ1) is 26.2. The Morgan fingerprint density at radius 3 is 2.03 bits per heavy atom. The maximum absolute atomic E-state index is 12.8. The van der Waals surface area contributed by atoms with Crippen LogP contribution in [0.4, 0.5) is 0 Å². The van der Waals surface area contributed by atoms with Crippen LogP contribution in [0.2, 0.25) is 5.02 Å². The summed E-state index contributed by atoms with van der Waals surface area (Å²) in [6.07, 6.45) is 3.27. The van der Waals surface area contributed by atoms with Crippen molar-refractivity contribution in [1.82, 2.24) is 9.80 Å². The van der Waals surface area contributed by atoms with Crippen LogP contribution in [-0.2, 0) is 6.54 Å². The fourth-order valence-corrected chi connectivity index (χ4v) is 4.63. The van der Waals surface area contributed by atoms with Gasteiger partial charge in [-0.05, 0) is 79.1 Å². The van der Waals surface area contributed by atoms with Crippen LogP contribution in [0.3, 0.4) is 0 Å². The lowest BCUT2D eigenvalue weighted by atomic mass is 10.0. The van der Waals surface area contributed by atoms with Crippen LogP contribution < -0.4 is 9.47 Å². The molecule has 1 saturated heterocycles. The second kappa shape index (κ2) is 12.9. The number of carbonyl (C=O) groups is 1. The molecule has 4 rings (SSSR count). The fourth-order valence-electron chi connectivity index (χ4n) is 4.50. The van der Waals surface area contributed by atoms with Gasteiger partial charge in [0.2, 0.25) is 0 Å². The molecule has 1 aliphatic heterocycles. The molecular weight excluding hydrogens is 472 g/mol. The lowest BCUT2D eigenvalue weighted by Crippen LogP contribution is -2.51. The lowest BCUT2D eigenvalue weighted by Gasteiger charge is -2.39. The summed E-state index contributed by atoms with van der Waals surface area (Å²) in [5.41, 5.74) is 2.57. The molecule has 3 aromatic carbocycles. The third-order valence-corrected chi connectivity index (χ3v) is 6.93. The van der Waals surface area contributed by atoms with Gasteiger partial charge in [0.05, 0.1) is 7.11 Å². The number of hydrogen-bond donors (Lipinski definition) is 0. The standard InChI is InChI=1S/C30H35ClN2O3/c1-3-4-5-29(33-20-18-32(19-21-33)22-23-6-14-27(35-2)15-7-23)36-28-16-10-25(11-17-28)30(34)24-8-12-26(31)13-9-24/h6-17,29H,3-5,18-22H2,1-2H3. The van der Waals surface area contributed by atoms with Gasteiger partial charge in [0.1, 0.15) is 11.5 Å². The molecule has 0 aromatic heterocycles. The largest absolute Gasteiger partial charge is 0.497 e. The first-order valence-electron chi connectivity index (χ1n) is 12.7. The van der Waals surface area contributed by atoms with Gasteiger partial charge in [-0.2, -0.15) is 0 Å². The van der Waals surface area contributed by atoms with Crippen molar-refractivity contribution < 1.29 is 14.3 Å². The fraction of sp³-hybridized carbons (Fsp3) is 0.367. The van der Waals surface area contributed by atoms with E-state index in [9.17, 15) is 4.79 Å². The molecule has 6 heteroatoms. The van der Waals surface area contributed by atoms with E-state index >= 15 is 0 Å². The Hall–Kier alpha value is -2.86. The molecule has 1 fully saturated rings. The summed E-state index contributed by atoms with van der Waals surface area (Å²) in [4.78, 5) is 17.7. The summed E-state index contributed by atoms with van der Waals surface area (Å²) in [6, 6.07) is 22.8. The number of rotatable bonds is 11. The highest BCUT2D eigenvalue weighted by Gasteiger charge is 2.25. The molecule has 1 atom stereocenters. The molecule has 0 amide bonds. The first-order chi connectivity index (χ1) is 17.6. The predicted molar refractivity (Wildman–Crippen MR) is 145 cm³/mol. The van der Waals surface area contributed by atoms with Crippen LogP contribution in [-0.4, -0.2) is 55.1 Å². The minimum Gasteiger partial charge on any atom is -0.497 e. The summed E-state index contributed by atoms with van der Waals surface area (Å²) in [7, 11) is 1.69. The molecular formula is C30H35ClN2O3. The van der Waals surface area contributed by atoms with E-state index in [0.29, 0.717) is 16.1 Å². The molecule has 0 N–H and O–H groups in total. The number of benzene rings is 3. The molecule has 0 aliphatic carbocycles. The molecule has 0 bridgehead atoms. The van der Waals surface area contributed by atoms with Crippen molar-refractivity contribution in [3.63, 3.8) is 0 Å². The first-order valence-corrected chi connectivity index (χ1v) is 13.1. The van der Waals surface area contributed by atoms with Crippen LogP contribution >= 0.6 is 11.6 Å². The Labute approximate surface area is 219 Å². The summed E-state index contributed by atoms with van der Waals surface area (Å²) < 4.78 is 11.7. The van der Waals surface area contributed by atoms with Crippen molar-refractivity contribution in [2.24, 2.45) is 0 Å². The lowest BCUT2D eigenvalue weighted by molar-refractivity contribution is -0.0153. The number of methoxy groups -OCH3 is 1. The third-order valence-electron chi connectivity index (χ3n) is 6.68. The molecule has 3 aromatic rings. The second-order valence-corrected chi connectivity index (χ2v) is 9.67. The molecule has 0 radical (unpaired) electrons. The van der Waals surface area contributed by atoms with Gasteiger partial charge in [0, 0.05) is 48.9 Å². The van der Waals surface area contributed by atoms with Gasteiger partial charge in [-0.1, -0.05) is 37.1 Å². The molecule has 1 heterocycles. The average molecular weight is 507 g/mol. The number of unbranched alkanes of at least 4 members (excludes halogenated alkanes) is 1. The Kier molecular flexibility index (Phi) is 9.40. The molecule has 1 unspecified atom stereocenters. The van der Waals surface area contributed by atoms with Gasteiger partial charge in [-0.3, -0.25) is 14.6 Å². The van der Waals surface area contributed by atoms with Gasteiger partial charge in [-0.25, -0.2) is 0 Å². The summed E-state index contributed by atoms with van der Waals surface area (Å²) in [5, 5.41) is 0.620. The highest BCUT2D eigenvalue weighted by Crippen LogP contribution is 2.22. The van der Waals surface area contributed by atoms with Crippen molar-refractivity contribution in [2.75, 3.05) is 33.3 Å². The van der Waals surface area contributed by atoms with E-state index in [1.807, 2.05) is 36.4 Å². The zero-order valence-electron chi connectivity index (χ0n) is 21.2. The van der Waals surface area contributed by atoms with Crippen LogP contribution in [0, 0.1) is 0 Å². The van der Waals surface area contributed by atoms with Crippen molar-refractivity contribution >= 4 is 17.4 Å². The summed E-state index contributed by atoms with van der Waals surface area (Å²) in [5.74, 6) is 1.67. The van der Waals surface area contributed by atoms with Gasteiger partial charge in [0.15, 0.2) is 12.0 Å². The Morgan fingerprint density at radius 1 is 0.861 bits per heavy atom. The predicted octanol–water partition coefficient (Wildman–Crippen LogP) is 6.29. The Balaban J connectivity index is 1.34. The van der Waals surface area contributed by atoms with Crippen molar-refractivity contribution in [2.45, 2.75) is 39.0 Å². The minimum absolute atomic E-state index is 0.0197. The zero-order chi connectivity index (χ0) is 25.3. The minimum atomic E-state index is -0.0197. The van der Waals surface area contributed by atoms with Crippen LogP contribution in [0.15, 0.2) is 72.8 Å². The van der Waals surface area contributed by atoms with E-state index in [1.54, 1.807) is 31.4 Å². The normalized spacial score (nSPS) is 15.4. The number of halogens is 1. The van der Waals surface area contributed by atoms with E-state index < -0.39 is 0 Å². The molecule has 1 aliphatic rings. The summed E-state index contributed by atoms with van der Waals surface area (Å²) in [6.45, 7) is 7.11. The quantitative estimate of drug-likeness (QED) is 0.286. The number of piperazine rings is 1. The number of ketones is 1. The molecule has 5 nitrogen and oxygen atoms in total. The number of hydrogen-bond acceptors (Lipinski definition) is 5. The van der Waals surface area contributed by atoms with E-state index in [4.69, 9.17) is 21.1 Å². The van der Waals surface area contributed by atoms with Crippen LogP contribution in [0.5, 0.6) is 11.5 Å². The van der Waals surface area contributed by atoms with Gasteiger partial charge >= 0.3 is 0 Å². The maximum atomic E-state index is 12.8. The molecule has 0 spiro atoms. The van der Waals surface area contributed by atoms with Crippen LogP contribution in [0.1, 0.15) is 47.7 Å². The van der Waals surface area contributed by atoms with E-state index in [1.165, 1.54) is 5.56 Å². The van der Waals surface area contributed by atoms with E-state index in [-0.39, 0.29) is 12.0 Å². The van der Waals surface area contributed by atoms with Gasteiger partial charge < -0.3 is 9.47 Å². The molecule has 36 heavy (non-hydrogen) atoms. The highest BCUT2D eigenvalue weighted by atomic mass is 35.5. The highest BCUT2D eigenvalue weighted by molar-refractivity contribution is 6.30. The zero-order valence-corrected chi connectivity index (χ0v) is 21.9. The van der Waals surface area contributed by atoms with Gasteiger partial charge in [0.25, 0.3) is 0 Å². The van der Waals surface area contributed by atoms with E-state index in [2.05, 4.69) is 28.9 Å². The van der Waals surface area contributed by atoms with Gasteiger partial charge in [-0.15, -0.1) is 0 Å². The number of ether oxygens (including phenoxy) is 2. The molecule has 0 saturated carbocycles. The van der Waals surface area contributed by atoms with Crippen molar-refractivity contribution in [3.8, 4) is 11.5 Å². The van der Waals surface area contributed by atoms with Crippen LogP contribution in [0.25, 0.3) is 0 Å². The third kappa shape index (κ3) is 7.10. The molecule has 190 valence electrons. The summed E-state index contributed by atoms with van der Waals surface area (Å²) >= 11 is 5.95. The van der Waals surface area contributed by atoms with Crippen molar-refractivity contribution in [3.05, 3.63) is 94.5 Å². The monoisotopic (exact) mass is 506 g/mol. The smallest absolute Gasteiger partial charge is 0.193 e. The number of nitrogens with zero attached hydrogens (tertiary/aromatic N) is 2. The SMILES string of the molecule is CCCCC(Oc1ccc(C(=O)c2ccc(Cl)cc2)cc1)N1CCN(Cc2ccc(OC)cc2)CC1. The average Bonchev–Trinajstić information content (AvgIpc) is 2.92. The maximum Gasteiger partial charge on any atom is 0.193 e. The second-order valence-electron chi connectivity index (χ2n) is 9.24. The Bertz CT molecular complexity index is 1090. The van der Waals surface area contributed by atoms with Crippen molar-refractivity contribution in [1.29, 1.82) is 0 Å². The Morgan fingerprint density at radius 2 is 1.44 bits per heavy atom. The number of carbonyl (C=O) groups excluding carboxylic acids is 1. The topological polar surface area (TPSA) is 42.0 Å². The van der Waals surface area contributed by atoms with E-state index in [0.717, 1.165) is 63.5 Å².